The van der Waals surface area contributed by atoms with E-state index in [1.807, 2.05) is 20.8 Å². The van der Waals surface area contributed by atoms with Gasteiger partial charge >= 0.3 is 0 Å². The van der Waals surface area contributed by atoms with E-state index in [9.17, 15) is 0 Å². The summed E-state index contributed by atoms with van der Waals surface area (Å²) < 4.78 is 6.33. The minimum atomic E-state index is -0.478. The van der Waals surface area contributed by atoms with Crippen LogP contribution in [0.2, 0.25) is 0 Å². The average Bonchev–Trinajstić information content (AvgIpc) is 2.30. The van der Waals surface area contributed by atoms with Crippen LogP contribution >= 0.6 is 15.9 Å². The average molecular weight is 302 g/mol. The first kappa shape index (κ1) is 14.4. The van der Waals surface area contributed by atoms with Crippen molar-refractivity contribution in [1.82, 2.24) is 9.97 Å². The van der Waals surface area contributed by atoms with Crippen molar-refractivity contribution in [1.29, 1.82) is 0 Å². The molecule has 1 heterocycles. The van der Waals surface area contributed by atoms with Gasteiger partial charge in [0.05, 0.1) is 10.2 Å². The fraction of sp³-hybridized carbons (Fsp3) is 0.667. The van der Waals surface area contributed by atoms with Gasteiger partial charge in [-0.3, -0.25) is 0 Å². The third-order valence-electron chi connectivity index (χ3n) is 2.61. The lowest BCUT2D eigenvalue weighted by Crippen LogP contribution is -2.24. The lowest BCUT2D eigenvalue weighted by atomic mass is 10.1. The molecule has 0 aliphatic heterocycles. The standard InChI is InChI=1S/C12H20BrN3O/c1-6-7-14-10-9(13)8(2)15-11(16-10)12(3,4)17-5/h6-7H2,1-5H3,(H,14,15,16). The molecule has 1 rings (SSSR count). The van der Waals surface area contributed by atoms with Crippen LogP contribution in [0.1, 0.15) is 38.7 Å². The second kappa shape index (κ2) is 5.78. The summed E-state index contributed by atoms with van der Waals surface area (Å²) in [6.45, 7) is 8.88. The van der Waals surface area contributed by atoms with Crippen LogP contribution in [0.15, 0.2) is 4.47 Å². The lowest BCUT2D eigenvalue weighted by Gasteiger charge is -2.22. The maximum absolute atomic E-state index is 5.41. The highest BCUT2D eigenvalue weighted by Crippen LogP contribution is 2.28. The van der Waals surface area contributed by atoms with E-state index in [2.05, 4.69) is 38.1 Å². The van der Waals surface area contributed by atoms with E-state index in [4.69, 9.17) is 4.74 Å². The number of aryl methyl sites for hydroxylation is 1. The Bertz CT molecular complexity index is 394. The maximum atomic E-state index is 5.41. The van der Waals surface area contributed by atoms with Crippen LogP contribution in [-0.2, 0) is 10.3 Å². The van der Waals surface area contributed by atoms with E-state index in [1.165, 1.54) is 0 Å². The van der Waals surface area contributed by atoms with Crippen molar-refractivity contribution >= 4 is 21.7 Å². The highest BCUT2D eigenvalue weighted by Gasteiger charge is 2.25. The summed E-state index contributed by atoms with van der Waals surface area (Å²) in [6, 6.07) is 0. The van der Waals surface area contributed by atoms with Crippen molar-refractivity contribution in [3.8, 4) is 0 Å². The zero-order valence-electron chi connectivity index (χ0n) is 11.1. The van der Waals surface area contributed by atoms with Gasteiger partial charge in [-0.25, -0.2) is 9.97 Å². The summed E-state index contributed by atoms with van der Waals surface area (Å²) in [4.78, 5) is 8.98. The predicted octanol–water partition coefficient (Wildman–Crippen LogP) is 3.25. The monoisotopic (exact) mass is 301 g/mol. The fourth-order valence-electron chi connectivity index (χ4n) is 1.28. The van der Waals surface area contributed by atoms with Crippen LogP contribution in [0.3, 0.4) is 0 Å². The molecule has 0 amide bonds. The van der Waals surface area contributed by atoms with Gasteiger partial charge in [-0.2, -0.15) is 0 Å². The molecule has 0 fully saturated rings. The van der Waals surface area contributed by atoms with E-state index in [0.29, 0.717) is 5.82 Å². The first-order valence-electron chi connectivity index (χ1n) is 5.76. The van der Waals surface area contributed by atoms with E-state index < -0.39 is 5.60 Å². The van der Waals surface area contributed by atoms with Crippen molar-refractivity contribution in [2.45, 2.75) is 39.7 Å². The molecule has 4 nitrogen and oxygen atoms in total. The van der Waals surface area contributed by atoms with Crippen molar-refractivity contribution in [2.24, 2.45) is 0 Å². The summed E-state index contributed by atoms with van der Waals surface area (Å²) in [5.41, 5.74) is 0.437. The summed E-state index contributed by atoms with van der Waals surface area (Å²) in [7, 11) is 1.67. The molecule has 0 aromatic carbocycles. The molecule has 0 saturated carbocycles. The molecule has 17 heavy (non-hydrogen) atoms. The maximum Gasteiger partial charge on any atom is 0.162 e. The number of hydrogen-bond donors (Lipinski definition) is 1. The molecule has 1 aromatic heterocycles. The second-order valence-corrected chi connectivity index (χ2v) is 5.23. The van der Waals surface area contributed by atoms with Gasteiger partial charge in [-0.15, -0.1) is 0 Å². The lowest BCUT2D eigenvalue weighted by molar-refractivity contribution is 0.0114. The van der Waals surface area contributed by atoms with E-state index in [0.717, 1.165) is 29.0 Å². The molecule has 5 heteroatoms. The largest absolute Gasteiger partial charge is 0.371 e. The van der Waals surface area contributed by atoms with Crippen molar-refractivity contribution in [2.75, 3.05) is 19.0 Å². The molecule has 0 atom stereocenters. The Morgan fingerprint density at radius 3 is 2.53 bits per heavy atom. The number of anilines is 1. The minimum Gasteiger partial charge on any atom is -0.371 e. The van der Waals surface area contributed by atoms with Gasteiger partial charge in [-0.05, 0) is 43.1 Å². The first-order valence-corrected chi connectivity index (χ1v) is 6.55. The second-order valence-electron chi connectivity index (χ2n) is 4.44. The minimum absolute atomic E-state index is 0.478. The quantitative estimate of drug-likeness (QED) is 0.907. The number of halogens is 1. The summed E-state index contributed by atoms with van der Waals surface area (Å²) in [5.74, 6) is 1.53. The molecule has 0 aliphatic carbocycles. The van der Waals surface area contributed by atoms with Crippen molar-refractivity contribution in [3.63, 3.8) is 0 Å². The Labute approximate surface area is 111 Å². The van der Waals surface area contributed by atoms with E-state index in [1.54, 1.807) is 7.11 Å². The summed E-state index contributed by atoms with van der Waals surface area (Å²) in [5, 5.41) is 3.29. The van der Waals surface area contributed by atoms with Gasteiger partial charge in [0.1, 0.15) is 11.4 Å². The Morgan fingerprint density at radius 2 is 2.00 bits per heavy atom. The van der Waals surface area contributed by atoms with Gasteiger partial charge in [-0.1, -0.05) is 6.92 Å². The molecule has 0 spiro atoms. The van der Waals surface area contributed by atoms with Gasteiger partial charge in [0.25, 0.3) is 0 Å². The molecular weight excluding hydrogens is 282 g/mol. The van der Waals surface area contributed by atoms with Crippen LogP contribution in [0, 0.1) is 6.92 Å². The molecule has 1 N–H and O–H groups in total. The normalized spacial score (nSPS) is 11.6. The predicted molar refractivity (Wildman–Crippen MR) is 73.3 cm³/mol. The Morgan fingerprint density at radius 1 is 1.35 bits per heavy atom. The molecule has 0 radical (unpaired) electrons. The van der Waals surface area contributed by atoms with Gasteiger partial charge in [0, 0.05) is 13.7 Å². The Balaban J connectivity index is 3.14. The van der Waals surface area contributed by atoms with Crippen LogP contribution in [0.5, 0.6) is 0 Å². The SMILES string of the molecule is CCCNc1nc(C(C)(C)OC)nc(C)c1Br. The zero-order valence-corrected chi connectivity index (χ0v) is 12.7. The van der Waals surface area contributed by atoms with Crippen LogP contribution in [0.4, 0.5) is 5.82 Å². The number of ether oxygens (including phenoxy) is 1. The van der Waals surface area contributed by atoms with E-state index >= 15 is 0 Å². The number of nitrogens with one attached hydrogen (secondary N) is 1. The van der Waals surface area contributed by atoms with E-state index in [-0.39, 0.29) is 0 Å². The Hall–Kier alpha value is -0.680. The zero-order chi connectivity index (χ0) is 13.1. The molecule has 0 aliphatic rings. The molecule has 0 unspecified atom stereocenters. The van der Waals surface area contributed by atoms with Crippen molar-refractivity contribution < 1.29 is 4.74 Å². The van der Waals surface area contributed by atoms with Crippen molar-refractivity contribution in [3.05, 3.63) is 16.0 Å². The Kier molecular flexibility index (Phi) is 4.89. The van der Waals surface area contributed by atoms with Gasteiger partial charge < -0.3 is 10.1 Å². The molecule has 0 bridgehead atoms. The van der Waals surface area contributed by atoms with Gasteiger partial charge in [0.15, 0.2) is 5.82 Å². The van der Waals surface area contributed by atoms with Crippen LogP contribution in [0.25, 0.3) is 0 Å². The first-order chi connectivity index (χ1) is 7.92. The third kappa shape index (κ3) is 3.39. The molecule has 0 saturated heterocycles. The van der Waals surface area contributed by atoms with Gasteiger partial charge in [0.2, 0.25) is 0 Å². The topological polar surface area (TPSA) is 47.0 Å². The highest BCUT2D eigenvalue weighted by atomic mass is 79.9. The van der Waals surface area contributed by atoms with Crippen LogP contribution < -0.4 is 5.32 Å². The number of hydrogen-bond acceptors (Lipinski definition) is 4. The summed E-state index contributed by atoms with van der Waals surface area (Å²) >= 11 is 3.50. The number of methoxy groups -OCH3 is 1. The molecule has 1 aromatic rings. The number of rotatable bonds is 5. The highest BCUT2D eigenvalue weighted by molar-refractivity contribution is 9.10. The third-order valence-corrected chi connectivity index (χ3v) is 3.56. The fourth-order valence-corrected chi connectivity index (χ4v) is 1.60. The van der Waals surface area contributed by atoms with Crippen LogP contribution in [-0.4, -0.2) is 23.6 Å². The number of nitrogens with zero attached hydrogens (tertiary/aromatic N) is 2. The summed E-state index contributed by atoms with van der Waals surface area (Å²) in [6.07, 6.45) is 1.05. The molecular formula is C12H20BrN3O. The number of aromatic nitrogens is 2. The molecule has 96 valence electrons. The smallest absolute Gasteiger partial charge is 0.162 e.